The van der Waals surface area contributed by atoms with Crippen molar-refractivity contribution in [1.29, 1.82) is 0 Å². The van der Waals surface area contributed by atoms with Gasteiger partial charge in [-0.1, -0.05) is 0 Å². The Bertz CT molecular complexity index is 6.00. The predicted molar refractivity (Wildman–Crippen MR) is 17.5 cm³/mol. The van der Waals surface area contributed by atoms with Gasteiger partial charge in [0.2, 0.25) is 0 Å². The third-order valence-corrected chi connectivity index (χ3v) is 0. The van der Waals surface area contributed by atoms with Gasteiger partial charge in [0.25, 0.3) is 0 Å². The van der Waals surface area contributed by atoms with Gasteiger partial charge >= 0.3 is 36.7 Å². The summed E-state index contributed by atoms with van der Waals surface area (Å²) in [5.41, 5.74) is 0. The summed E-state index contributed by atoms with van der Waals surface area (Å²) in [7, 11) is 9.87. The Morgan fingerprint density at radius 2 is 1.25 bits per heavy atom. The molecule has 0 atom stereocenters. The van der Waals surface area contributed by atoms with Gasteiger partial charge in [0.1, 0.15) is 0 Å². The first-order chi connectivity index (χ1) is 1.41. The van der Waals surface area contributed by atoms with Crippen LogP contribution >= 0.6 is 17.8 Å². The minimum atomic E-state index is -0.826. The van der Waals surface area contributed by atoms with Crippen LogP contribution in [0.1, 0.15) is 0 Å². The van der Waals surface area contributed by atoms with Crippen LogP contribution < -0.4 is 0 Å². The number of hydrogen-bond donors (Lipinski definition) is 0. The first kappa shape index (κ1) is 9.40. The zero-order valence-corrected chi connectivity index (χ0v) is 7.49. The Kier molecular flexibility index (Phi) is 20.9. The molecular formula is Cl2PdSn. The van der Waals surface area contributed by atoms with Crippen molar-refractivity contribution in [3.63, 3.8) is 0 Å². The summed E-state index contributed by atoms with van der Waals surface area (Å²) in [6.07, 6.45) is 0. The molecule has 0 N–H and O–H groups in total. The Hall–Kier alpha value is 2.04. The van der Waals surface area contributed by atoms with Crippen molar-refractivity contribution in [2.75, 3.05) is 0 Å². The van der Waals surface area contributed by atoms with E-state index in [-0.39, 0.29) is 20.4 Å². The molecule has 2 radical (unpaired) electrons. The minimum absolute atomic E-state index is 0. The van der Waals surface area contributed by atoms with Crippen molar-refractivity contribution in [3.05, 3.63) is 0 Å². The number of hydrogen-bond acceptors (Lipinski definition) is 0. The van der Waals surface area contributed by atoms with E-state index < -0.39 is 18.9 Å². The van der Waals surface area contributed by atoms with Crippen LogP contribution in [0.5, 0.6) is 0 Å². The summed E-state index contributed by atoms with van der Waals surface area (Å²) in [4.78, 5) is 0. The van der Waals surface area contributed by atoms with E-state index in [1.165, 1.54) is 0 Å². The van der Waals surface area contributed by atoms with E-state index in [1.54, 1.807) is 0 Å². The van der Waals surface area contributed by atoms with E-state index in [0.717, 1.165) is 0 Å². The molecule has 0 aromatic carbocycles. The molecule has 0 aromatic rings. The fraction of sp³-hybridized carbons (Fsp3) is 0. The fourth-order valence-electron chi connectivity index (χ4n) is 0. The summed E-state index contributed by atoms with van der Waals surface area (Å²) in [5, 5.41) is 0. The van der Waals surface area contributed by atoms with Crippen LogP contribution in [0.15, 0.2) is 0 Å². The Labute approximate surface area is 56.5 Å². The molecule has 0 bridgehead atoms. The maximum Gasteiger partial charge on any atom is 0 e. The van der Waals surface area contributed by atoms with Crippen molar-refractivity contribution in [2.24, 2.45) is 0 Å². The van der Waals surface area contributed by atoms with Crippen LogP contribution in [-0.2, 0) is 20.4 Å². The number of rotatable bonds is 0. The SMILES string of the molecule is [Cl][Sn][Cl].[Pd]. The maximum atomic E-state index is 4.93. The van der Waals surface area contributed by atoms with Crippen LogP contribution in [0.2, 0.25) is 0 Å². The van der Waals surface area contributed by atoms with E-state index >= 15 is 0 Å². The summed E-state index contributed by atoms with van der Waals surface area (Å²) < 4.78 is 0. The van der Waals surface area contributed by atoms with Crippen LogP contribution in [0.25, 0.3) is 0 Å². The summed E-state index contributed by atoms with van der Waals surface area (Å²) in [6, 6.07) is 0. The Balaban J connectivity index is 0. The van der Waals surface area contributed by atoms with Gasteiger partial charge in [-0.3, -0.25) is 0 Å². The first-order valence-corrected chi connectivity index (χ1v) is 7.61. The quantitative estimate of drug-likeness (QED) is 0.585. The molecule has 0 unspecified atom stereocenters. The monoisotopic (exact) mass is 296 g/mol. The topological polar surface area (TPSA) is 0 Å². The van der Waals surface area contributed by atoms with E-state index in [9.17, 15) is 0 Å². The molecule has 0 spiro atoms. The molecule has 0 aliphatic heterocycles. The largest absolute Gasteiger partial charge is 0 e. The standard InChI is InChI=1S/2ClH.Pd.Sn/h2*1H;;/q;;;+2/p-2. The smallest absolute Gasteiger partial charge is 0 e. The molecule has 0 saturated carbocycles. The minimum Gasteiger partial charge on any atom is 0 e. The van der Waals surface area contributed by atoms with Crippen molar-refractivity contribution in [2.45, 2.75) is 0 Å². The third kappa shape index (κ3) is 8.97. The molecule has 4 heteroatoms. The molecule has 0 amide bonds. The van der Waals surface area contributed by atoms with Crippen molar-refractivity contribution < 1.29 is 20.4 Å². The maximum absolute atomic E-state index is 4.93. The first-order valence-electron chi connectivity index (χ1n) is 0.378. The van der Waals surface area contributed by atoms with Gasteiger partial charge in [-0.25, -0.2) is 0 Å². The predicted octanol–water partition coefficient (Wildman–Crippen LogP) is 0.996. The Morgan fingerprint density at radius 1 is 1.25 bits per heavy atom. The van der Waals surface area contributed by atoms with Gasteiger partial charge in [-0.2, -0.15) is 0 Å². The molecule has 0 rings (SSSR count). The Morgan fingerprint density at radius 3 is 1.25 bits per heavy atom. The van der Waals surface area contributed by atoms with Crippen molar-refractivity contribution in [1.82, 2.24) is 0 Å². The van der Waals surface area contributed by atoms with Crippen molar-refractivity contribution >= 4 is 36.7 Å². The zero-order chi connectivity index (χ0) is 2.71. The second-order valence-corrected chi connectivity index (χ2v) is 4.31. The molecule has 4 heavy (non-hydrogen) atoms. The second kappa shape index (κ2) is 8.90. The summed E-state index contributed by atoms with van der Waals surface area (Å²) in [6.45, 7) is 0. The average molecular weight is 296 g/mol. The second-order valence-electron chi connectivity index (χ2n) is 0.0714. The van der Waals surface area contributed by atoms with Gasteiger partial charge in [0, 0.05) is 20.4 Å². The summed E-state index contributed by atoms with van der Waals surface area (Å²) >= 11 is -0.826. The zero-order valence-electron chi connectivity index (χ0n) is 1.57. The van der Waals surface area contributed by atoms with Gasteiger partial charge in [-0.15, -0.1) is 0 Å². The van der Waals surface area contributed by atoms with Crippen LogP contribution in [0, 0.1) is 0 Å². The van der Waals surface area contributed by atoms with Gasteiger partial charge in [0.15, 0.2) is 0 Å². The normalized spacial score (nSPS) is 4.50. The van der Waals surface area contributed by atoms with Gasteiger partial charge in [0.05, 0.1) is 0 Å². The molecule has 0 saturated heterocycles. The van der Waals surface area contributed by atoms with E-state index in [4.69, 9.17) is 17.8 Å². The van der Waals surface area contributed by atoms with Crippen LogP contribution in [0.3, 0.4) is 0 Å². The van der Waals surface area contributed by atoms with E-state index in [1.807, 2.05) is 0 Å². The third-order valence-electron chi connectivity index (χ3n) is 0. The molecule has 0 aliphatic carbocycles. The van der Waals surface area contributed by atoms with E-state index in [0.29, 0.717) is 0 Å². The fourth-order valence-corrected chi connectivity index (χ4v) is 0. The molecule has 0 fully saturated rings. The van der Waals surface area contributed by atoms with Gasteiger partial charge in [-0.05, 0) is 0 Å². The molecule has 0 nitrogen and oxygen atoms in total. The molecule has 0 heterocycles. The van der Waals surface area contributed by atoms with Crippen molar-refractivity contribution in [3.8, 4) is 0 Å². The molecule has 0 aromatic heterocycles. The molecule has 0 aliphatic rings. The van der Waals surface area contributed by atoms with E-state index in [2.05, 4.69) is 0 Å². The van der Waals surface area contributed by atoms with Crippen LogP contribution in [-0.4, -0.2) is 18.9 Å². The molecular weight excluding hydrogens is 296 g/mol. The van der Waals surface area contributed by atoms with Gasteiger partial charge < -0.3 is 0 Å². The van der Waals surface area contributed by atoms with Crippen LogP contribution in [0.4, 0.5) is 0 Å². The number of halogens is 2. The molecule has 28 valence electrons. The summed E-state index contributed by atoms with van der Waals surface area (Å²) in [5.74, 6) is 0. The average Bonchev–Trinajstić information content (AvgIpc) is 0.918.